The number of nitrogen functional groups attached to an aromatic ring is 1. The highest BCUT2D eigenvalue weighted by Gasteiger charge is 2.17. The summed E-state index contributed by atoms with van der Waals surface area (Å²) in [4.78, 5) is 12.6. The Labute approximate surface area is 149 Å². The normalized spacial score (nSPS) is 10.4. The van der Waals surface area contributed by atoms with Gasteiger partial charge in [0.1, 0.15) is 6.07 Å². The number of hydrogen-bond donors (Lipinski definition) is 1. The zero-order valence-electron chi connectivity index (χ0n) is 13.4. The molecule has 0 aliphatic rings. The van der Waals surface area contributed by atoms with E-state index >= 15 is 0 Å². The van der Waals surface area contributed by atoms with Gasteiger partial charge in [-0.05, 0) is 18.2 Å². The monoisotopic (exact) mass is 343 g/mol. The van der Waals surface area contributed by atoms with Crippen LogP contribution in [0.5, 0.6) is 0 Å². The van der Waals surface area contributed by atoms with Crippen LogP contribution in [0.3, 0.4) is 0 Å². The summed E-state index contributed by atoms with van der Waals surface area (Å²) in [6, 6.07) is 13.1. The lowest BCUT2D eigenvalue weighted by Crippen LogP contribution is -2.00. The Hall–Kier alpha value is -4.12. The van der Waals surface area contributed by atoms with Crippen molar-refractivity contribution >= 4 is 5.82 Å². The number of aromatic nitrogens is 5. The predicted molar refractivity (Wildman–Crippen MR) is 95.2 cm³/mol. The Morgan fingerprint density at radius 2 is 1.85 bits per heavy atom. The molecule has 4 rings (SSSR count). The molecule has 0 aliphatic heterocycles. The highest BCUT2D eigenvalue weighted by molar-refractivity contribution is 5.71. The minimum absolute atomic E-state index is 0. The Kier molecular flexibility index (Phi) is 3.80. The summed E-state index contributed by atoms with van der Waals surface area (Å²) in [6.45, 7) is 0. The molecule has 0 fully saturated rings. The molecule has 4 aromatic rings. The number of anilines is 1. The van der Waals surface area contributed by atoms with Crippen molar-refractivity contribution < 1.29 is 5.84 Å². The van der Waals surface area contributed by atoms with Crippen molar-refractivity contribution in [1.82, 2.24) is 25.1 Å². The zero-order valence-corrected chi connectivity index (χ0v) is 13.4. The van der Waals surface area contributed by atoms with E-state index in [-0.39, 0.29) is 18.8 Å². The van der Waals surface area contributed by atoms with Gasteiger partial charge >= 0.3 is 0 Å². The summed E-state index contributed by atoms with van der Waals surface area (Å²) < 4.78 is 5.70. The van der Waals surface area contributed by atoms with E-state index in [0.717, 1.165) is 5.56 Å². The second kappa shape index (κ2) is 6.41. The smallest absolute Gasteiger partial charge is 0.270 e. The van der Waals surface area contributed by atoms with Crippen LogP contribution in [0.1, 0.15) is 6.99 Å². The number of nitrogens with two attached hydrogens (primary N) is 1. The van der Waals surface area contributed by atoms with Gasteiger partial charge in [0.15, 0.2) is 11.5 Å². The van der Waals surface area contributed by atoms with E-state index in [1.54, 1.807) is 12.3 Å². The van der Waals surface area contributed by atoms with Crippen LogP contribution >= 0.6 is 0 Å². The van der Waals surface area contributed by atoms with Crippen LogP contribution in [0.4, 0.5) is 5.82 Å². The van der Waals surface area contributed by atoms with Gasteiger partial charge in [0.2, 0.25) is 5.89 Å². The van der Waals surface area contributed by atoms with Crippen LogP contribution in [0.2, 0.25) is 0 Å². The average Bonchev–Trinajstić information content (AvgIpc) is 3.19. The van der Waals surface area contributed by atoms with E-state index in [1.807, 2.05) is 30.3 Å². The molecular weight excluding hydrogens is 330 g/mol. The largest absolute Gasteiger partial charge is 0.414 e. The van der Waals surface area contributed by atoms with E-state index in [9.17, 15) is 5.26 Å². The summed E-state index contributed by atoms with van der Waals surface area (Å²) >= 11 is 0. The number of pyridine rings is 1. The molecule has 26 heavy (non-hydrogen) atoms. The third-order valence-electron chi connectivity index (χ3n) is 3.67. The third-order valence-corrected chi connectivity index (χ3v) is 3.67. The second-order valence-corrected chi connectivity index (χ2v) is 5.30. The summed E-state index contributed by atoms with van der Waals surface area (Å²) in [5.41, 5.74) is 8.43. The quantitative estimate of drug-likeness (QED) is 0.601. The first-order valence-electron chi connectivity index (χ1n) is 7.62. The van der Waals surface area contributed by atoms with E-state index in [4.69, 9.17) is 10.2 Å². The molecule has 126 valence electrons. The lowest BCUT2D eigenvalue weighted by molar-refractivity contribution is 0.582. The van der Waals surface area contributed by atoms with Crippen LogP contribution in [0.25, 0.3) is 34.3 Å². The molecule has 1 aromatic carbocycles. The number of hydrogen-bond acceptors (Lipinski definition) is 8. The minimum atomic E-state index is 0. The van der Waals surface area contributed by atoms with Gasteiger partial charge < -0.3 is 10.2 Å². The van der Waals surface area contributed by atoms with Gasteiger partial charge in [-0.2, -0.15) is 5.26 Å². The molecule has 0 amide bonds. The number of rotatable bonds is 3. The minimum Gasteiger partial charge on any atom is -0.414 e. The molecule has 8 nitrogen and oxygen atoms in total. The van der Waals surface area contributed by atoms with Crippen molar-refractivity contribution in [3.63, 3.8) is 0 Å². The van der Waals surface area contributed by atoms with Gasteiger partial charge in [-0.25, -0.2) is 9.97 Å². The topological polar surface area (TPSA) is 127 Å². The molecular formula is C18H13N7O. The van der Waals surface area contributed by atoms with Crippen molar-refractivity contribution in [2.75, 3.05) is 5.73 Å². The highest BCUT2D eigenvalue weighted by Crippen LogP contribution is 2.28. The van der Waals surface area contributed by atoms with Crippen LogP contribution in [-0.2, 0) is 0 Å². The Morgan fingerprint density at radius 1 is 1.04 bits per heavy atom. The maximum absolute atomic E-state index is 9.25. The van der Waals surface area contributed by atoms with Gasteiger partial charge in [-0.3, -0.25) is 4.98 Å². The maximum Gasteiger partial charge on any atom is 0.270 e. The van der Waals surface area contributed by atoms with E-state index in [1.165, 1.54) is 12.4 Å². The molecule has 0 bridgehead atoms. The number of nitriles is 1. The van der Waals surface area contributed by atoms with Crippen LogP contribution in [-0.4, -0.2) is 25.1 Å². The maximum atomic E-state index is 9.25. The summed E-state index contributed by atoms with van der Waals surface area (Å²) in [7, 11) is 0. The molecule has 0 saturated heterocycles. The Morgan fingerprint density at radius 3 is 2.65 bits per heavy atom. The standard InChI is InChI=1S/C18H11N7O.H2/c19-8-12-9-21-7-6-13(12)14-10-22-16(20)15(23-14)18-25-24-17(26-18)11-4-2-1-3-5-11;/h1-7,9-10H,(H2,20,22);1H. The van der Waals surface area contributed by atoms with Crippen molar-refractivity contribution in [3.8, 4) is 40.4 Å². The molecule has 3 heterocycles. The molecule has 0 aliphatic carbocycles. The lowest BCUT2D eigenvalue weighted by atomic mass is 10.1. The van der Waals surface area contributed by atoms with Crippen LogP contribution in [0, 0.1) is 11.3 Å². The first-order valence-corrected chi connectivity index (χ1v) is 7.62. The summed E-state index contributed by atoms with van der Waals surface area (Å²) in [5.74, 6) is 0.668. The molecule has 0 saturated carbocycles. The second-order valence-electron chi connectivity index (χ2n) is 5.30. The van der Waals surface area contributed by atoms with Gasteiger partial charge in [0, 0.05) is 24.9 Å². The fourth-order valence-corrected chi connectivity index (χ4v) is 2.41. The zero-order chi connectivity index (χ0) is 17.9. The molecule has 0 unspecified atom stereocenters. The lowest BCUT2D eigenvalue weighted by Gasteiger charge is -2.05. The summed E-state index contributed by atoms with van der Waals surface area (Å²) in [5, 5.41) is 17.3. The molecule has 3 aromatic heterocycles. The van der Waals surface area contributed by atoms with Crippen LogP contribution in [0.15, 0.2) is 59.4 Å². The first-order chi connectivity index (χ1) is 12.8. The van der Waals surface area contributed by atoms with Gasteiger partial charge in [0.25, 0.3) is 5.89 Å². The van der Waals surface area contributed by atoms with Crippen LogP contribution < -0.4 is 5.73 Å². The molecule has 8 heteroatoms. The number of nitrogens with zero attached hydrogens (tertiary/aromatic N) is 6. The van der Waals surface area contributed by atoms with Crippen molar-refractivity contribution in [2.45, 2.75) is 0 Å². The highest BCUT2D eigenvalue weighted by atomic mass is 16.4. The van der Waals surface area contributed by atoms with Gasteiger partial charge in [0.05, 0.1) is 17.5 Å². The Balaban J connectivity index is 0.00000210. The average molecular weight is 343 g/mol. The Bertz CT molecular complexity index is 1120. The van der Waals surface area contributed by atoms with Crippen molar-refractivity contribution in [3.05, 3.63) is 60.6 Å². The summed E-state index contributed by atoms with van der Waals surface area (Å²) in [6.07, 6.45) is 4.53. The van der Waals surface area contributed by atoms with E-state index in [2.05, 4.69) is 31.2 Å². The fourth-order valence-electron chi connectivity index (χ4n) is 2.41. The fraction of sp³-hybridized carbons (Fsp3) is 0. The van der Waals surface area contributed by atoms with Gasteiger partial charge in [-0.1, -0.05) is 18.2 Å². The van der Waals surface area contributed by atoms with Gasteiger partial charge in [-0.15, -0.1) is 10.2 Å². The molecule has 0 atom stereocenters. The van der Waals surface area contributed by atoms with E-state index in [0.29, 0.717) is 22.7 Å². The number of benzene rings is 1. The first kappa shape index (κ1) is 15.4. The third kappa shape index (κ3) is 2.74. The van der Waals surface area contributed by atoms with Crippen molar-refractivity contribution in [2.24, 2.45) is 0 Å². The molecule has 0 spiro atoms. The molecule has 0 radical (unpaired) electrons. The SMILES string of the molecule is N#Cc1cnccc1-c1cnc(N)c(-c2nnc(-c3ccccc3)o2)n1.[HH]. The predicted octanol–water partition coefficient (Wildman–Crippen LogP) is 2.96. The molecule has 2 N–H and O–H groups in total. The van der Waals surface area contributed by atoms with E-state index < -0.39 is 0 Å². The van der Waals surface area contributed by atoms with Crippen molar-refractivity contribution in [1.29, 1.82) is 5.26 Å².